The van der Waals surface area contributed by atoms with Crippen LogP contribution < -0.4 is 10.5 Å². The number of nitrogens with two attached hydrogens (primary N) is 1. The summed E-state index contributed by atoms with van der Waals surface area (Å²) in [7, 11) is -7.49. The third-order valence-corrected chi connectivity index (χ3v) is 5.04. The number of aromatic nitrogens is 2. The number of nitrogens with one attached hydrogen (secondary N) is 1. The number of carbonyl (C=O) groups excluding carboxylic acids is 1. The van der Waals surface area contributed by atoms with Crippen molar-refractivity contribution in [2.24, 2.45) is 5.14 Å². The van der Waals surface area contributed by atoms with Gasteiger partial charge in [-0.15, -0.1) is 0 Å². The Morgan fingerprint density at radius 2 is 1.80 bits per heavy atom. The standard InChI is InChI=1S/C13H13ClN4O5S2/c1-24(20,21)13-17-7-10(14)11(18-13)12(19)16-6-8-2-4-9(5-3-8)25(15,22)23/h2-5,7H,6H2,1H3,(H,16,19)(H2,15,22,23). The molecule has 0 aliphatic carbocycles. The summed E-state index contributed by atoms with van der Waals surface area (Å²) in [5, 5.41) is 6.88. The molecule has 2 rings (SSSR count). The number of sulfonamides is 1. The van der Waals surface area contributed by atoms with Crippen molar-refractivity contribution in [3.63, 3.8) is 0 Å². The molecule has 1 aromatic heterocycles. The average Bonchev–Trinajstić information content (AvgIpc) is 2.51. The topological polar surface area (TPSA) is 149 Å². The summed E-state index contributed by atoms with van der Waals surface area (Å²) in [6.45, 7) is 0.0400. The lowest BCUT2D eigenvalue weighted by atomic mass is 10.2. The van der Waals surface area contributed by atoms with Gasteiger partial charge in [0.2, 0.25) is 25.0 Å². The van der Waals surface area contributed by atoms with Crippen LogP contribution in [-0.2, 0) is 26.4 Å². The van der Waals surface area contributed by atoms with Crippen LogP contribution in [0.1, 0.15) is 16.1 Å². The summed E-state index contributed by atoms with van der Waals surface area (Å²) in [6.07, 6.45) is 1.94. The SMILES string of the molecule is CS(=O)(=O)c1ncc(Cl)c(C(=O)NCc2ccc(S(N)(=O)=O)cc2)n1. The molecule has 0 fully saturated rings. The number of amides is 1. The second-order valence-corrected chi connectivity index (χ2v) is 8.87. The zero-order valence-corrected chi connectivity index (χ0v) is 15.2. The van der Waals surface area contributed by atoms with Crippen LogP contribution in [0.4, 0.5) is 0 Å². The maximum absolute atomic E-state index is 12.1. The van der Waals surface area contributed by atoms with Crippen molar-refractivity contribution in [3.05, 3.63) is 46.7 Å². The molecule has 0 saturated carbocycles. The third-order valence-electron chi connectivity index (χ3n) is 2.97. The molecule has 0 atom stereocenters. The van der Waals surface area contributed by atoms with Gasteiger partial charge in [0.15, 0.2) is 5.69 Å². The maximum Gasteiger partial charge on any atom is 0.271 e. The Bertz CT molecular complexity index is 1020. The molecule has 12 heteroatoms. The Hall–Kier alpha value is -2.08. The van der Waals surface area contributed by atoms with E-state index in [2.05, 4.69) is 15.3 Å². The van der Waals surface area contributed by atoms with Crippen LogP contribution in [0.25, 0.3) is 0 Å². The van der Waals surface area contributed by atoms with E-state index in [1.54, 1.807) is 0 Å². The van der Waals surface area contributed by atoms with E-state index in [9.17, 15) is 21.6 Å². The number of rotatable bonds is 5. The fourth-order valence-electron chi connectivity index (χ4n) is 1.75. The van der Waals surface area contributed by atoms with Crippen LogP contribution >= 0.6 is 11.6 Å². The monoisotopic (exact) mass is 404 g/mol. The molecular weight excluding hydrogens is 392 g/mol. The molecule has 0 unspecified atom stereocenters. The highest BCUT2D eigenvalue weighted by atomic mass is 35.5. The second-order valence-electron chi connectivity index (χ2n) is 4.99. The number of nitrogens with zero attached hydrogens (tertiary/aromatic N) is 2. The molecule has 0 aliphatic rings. The van der Waals surface area contributed by atoms with Gasteiger partial charge in [-0.1, -0.05) is 23.7 Å². The van der Waals surface area contributed by atoms with E-state index in [1.807, 2.05) is 0 Å². The number of halogens is 1. The summed E-state index contributed by atoms with van der Waals surface area (Å²) in [6, 6.07) is 5.56. The number of benzene rings is 1. The molecule has 1 aromatic carbocycles. The first kappa shape index (κ1) is 19.2. The fourth-order valence-corrected chi connectivity index (χ4v) is 2.95. The maximum atomic E-state index is 12.1. The number of hydrogen-bond donors (Lipinski definition) is 2. The number of sulfone groups is 1. The van der Waals surface area contributed by atoms with Crippen molar-refractivity contribution in [1.29, 1.82) is 0 Å². The minimum Gasteiger partial charge on any atom is -0.347 e. The molecule has 0 aliphatic heterocycles. The molecule has 0 radical (unpaired) electrons. The molecule has 134 valence electrons. The van der Waals surface area contributed by atoms with Gasteiger partial charge in [-0.25, -0.2) is 31.9 Å². The molecule has 3 N–H and O–H groups in total. The van der Waals surface area contributed by atoms with Crippen molar-refractivity contribution >= 4 is 37.4 Å². The normalized spacial score (nSPS) is 12.0. The summed E-state index contributed by atoms with van der Waals surface area (Å²) in [5.74, 6) is -0.701. The Morgan fingerprint density at radius 3 is 2.32 bits per heavy atom. The van der Waals surface area contributed by atoms with Gasteiger partial charge in [-0.05, 0) is 17.7 Å². The molecule has 1 heterocycles. The molecule has 2 aromatic rings. The quantitative estimate of drug-likeness (QED) is 0.671. The van der Waals surface area contributed by atoms with Crippen LogP contribution in [0.3, 0.4) is 0 Å². The van der Waals surface area contributed by atoms with E-state index in [-0.39, 0.29) is 22.2 Å². The van der Waals surface area contributed by atoms with Crippen LogP contribution in [0, 0.1) is 0 Å². The van der Waals surface area contributed by atoms with E-state index in [1.165, 1.54) is 24.3 Å². The molecule has 1 amide bonds. The summed E-state index contributed by atoms with van der Waals surface area (Å²) >= 11 is 5.83. The second kappa shape index (κ2) is 7.04. The first-order valence-corrected chi connectivity index (χ1v) is 10.4. The zero-order chi connectivity index (χ0) is 18.8. The first-order chi connectivity index (χ1) is 11.5. The Balaban J connectivity index is 2.15. The Labute approximate surface area is 149 Å². The predicted octanol–water partition coefficient (Wildman–Crippen LogP) is 0.111. The van der Waals surface area contributed by atoms with E-state index in [0.717, 1.165) is 12.5 Å². The molecule has 0 spiro atoms. The van der Waals surface area contributed by atoms with Gasteiger partial charge in [0.1, 0.15) is 0 Å². The fraction of sp³-hybridized carbons (Fsp3) is 0.154. The molecular formula is C13H13ClN4O5S2. The highest BCUT2D eigenvalue weighted by molar-refractivity contribution is 7.90. The van der Waals surface area contributed by atoms with Gasteiger partial charge in [0.25, 0.3) is 5.91 Å². The van der Waals surface area contributed by atoms with Crippen molar-refractivity contribution in [1.82, 2.24) is 15.3 Å². The summed E-state index contributed by atoms with van der Waals surface area (Å²) in [5.41, 5.74) is 0.313. The molecule has 0 saturated heterocycles. The van der Waals surface area contributed by atoms with Gasteiger partial charge in [0, 0.05) is 12.8 Å². The van der Waals surface area contributed by atoms with E-state index in [4.69, 9.17) is 16.7 Å². The van der Waals surface area contributed by atoms with Gasteiger partial charge >= 0.3 is 0 Å². The smallest absolute Gasteiger partial charge is 0.271 e. The number of primary sulfonamides is 1. The minimum absolute atomic E-state index is 0.0400. The Kier molecular flexibility index (Phi) is 5.42. The lowest BCUT2D eigenvalue weighted by Crippen LogP contribution is -2.25. The highest BCUT2D eigenvalue weighted by Crippen LogP contribution is 2.15. The van der Waals surface area contributed by atoms with Crippen LogP contribution in [0.5, 0.6) is 0 Å². The van der Waals surface area contributed by atoms with Crippen LogP contribution in [0.15, 0.2) is 40.5 Å². The predicted molar refractivity (Wildman–Crippen MR) is 89.1 cm³/mol. The van der Waals surface area contributed by atoms with Gasteiger partial charge in [-0.3, -0.25) is 4.79 Å². The van der Waals surface area contributed by atoms with Crippen LogP contribution in [0.2, 0.25) is 5.02 Å². The minimum atomic E-state index is -3.80. The van der Waals surface area contributed by atoms with E-state index < -0.39 is 30.9 Å². The highest BCUT2D eigenvalue weighted by Gasteiger charge is 2.18. The average molecular weight is 405 g/mol. The summed E-state index contributed by atoms with van der Waals surface area (Å²) in [4.78, 5) is 19.3. The lowest BCUT2D eigenvalue weighted by molar-refractivity contribution is 0.0945. The molecule has 9 nitrogen and oxygen atoms in total. The van der Waals surface area contributed by atoms with Gasteiger partial charge in [-0.2, -0.15) is 0 Å². The lowest BCUT2D eigenvalue weighted by Gasteiger charge is -2.07. The molecule has 0 bridgehead atoms. The van der Waals surface area contributed by atoms with Crippen molar-refractivity contribution in [2.45, 2.75) is 16.6 Å². The first-order valence-electron chi connectivity index (χ1n) is 6.61. The van der Waals surface area contributed by atoms with E-state index in [0.29, 0.717) is 5.56 Å². The Morgan fingerprint density at radius 1 is 1.20 bits per heavy atom. The third kappa shape index (κ3) is 4.95. The molecule has 25 heavy (non-hydrogen) atoms. The van der Waals surface area contributed by atoms with Gasteiger partial charge < -0.3 is 5.32 Å². The van der Waals surface area contributed by atoms with Crippen molar-refractivity contribution in [3.8, 4) is 0 Å². The number of hydrogen-bond acceptors (Lipinski definition) is 7. The summed E-state index contributed by atoms with van der Waals surface area (Å²) < 4.78 is 45.3. The van der Waals surface area contributed by atoms with Crippen molar-refractivity contribution in [2.75, 3.05) is 6.26 Å². The van der Waals surface area contributed by atoms with Crippen molar-refractivity contribution < 1.29 is 21.6 Å². The van der Waals surface area contributed by atoms with Gasteiger partial charge in [0.05, 0.1) is 16.1 Å². The van der Waals surface area contributed by atoms with Crippen LogP contribution in [-0.4, -0.2) is 39.0 Å². The largest absolute Gasteiger partial charge is 0.347 e. The van der Waals surface area contributed by atoms with E-state index >= 15 is 0 Å². The zero-order valence-electron chi connectivity index (χ0n) is 12.8. The number of carbonyl (C=O) groups is 1.